The van der Waals surface area contributed by atoms with Crippen LogP contribution in [0.1, 0.15) is 139 Å². The highest BCUT2D eigenvalue weighted by Crippen LogP contribution is 2.54. The number of likely N-dealkylation sites (N-methyl/N-ethyl adjacent to an activating group) is 1. The second-order valence-corrected chi connectivity index (χ2v) is 26.6. The number of nitrogens with zero attached hydrogens (tertiary/aromatic N) is 13. The summed E-state index contributed by atoms with van der Waals surface area (Å²) in [5, 5.41) is 43.9. The molecular weight excluding hydrogens is 1190 g/mol. The van der Waals surface area contributed by atoms with Gasteiger partial charge in [0.15, 0.2) is 12.0 Å². The van der Waals surface area contributed by atoms with Gasteiger partial charge < -0.3 is 53.9 Å². The summed E-state index contributed by atoms with van der Waals surface area (Å²) in [6, 6.07) is 15.8. The molecule has 0 bridgehead atoms. The number of anilines is 1. The highest BCUT2D eigenvalue weighted by molar-refractivity contribution is 6.06. The van der Waals surface area contributed by atoms with Crippen molar-refractivity contribution in [2.75, 3.05) is 58.0 Å². The molecule has 1 unspecified atom stereocenters. The fourth-order valence-electron chi connectivity index (χ4n) is 13.4. The minimum atomic E-state index is -1.02. The molecule has 4 aromatic carbocycles. The van der Waals surface area contributed by atoms with Gasteiger partial charge in [-0.05, 0) is 131 Å². The summed E-state index contributed by atoms with van der Waals surface area (Å²) in [4.78, 5) is 61.9. The zero-order valence-electron chi connectivity index (χ0n) is 53.7. The number of aromatic nitrogens is 10. The molecule has 13 rings (SSSR count). The number of likely N-dealkylation sites (tertiary alicyclic amines) is 2. The van der Waals surface area contributed by atoms with Crippen LogP contribution in [0.4, 0.5) is 15.0 Å². The van der Waals surface area contributed by atoms with Gasteiger partial charge >= 0.3 is 12.1 Å². The third-order valence-electron chi connectivity index (χ3n) is 18.5. The van der Waals surface area contributed by atoms with Gasteiger partial charge in [0.1, 0.15) is 66.4 Å². The van der Waals surface area contributed by atoms with Crippen LogP contribution in [0, 0.1) is 18.7 Å². The van der Waals surface area contributed by atoms with Gasteiger partial charge in [-0.15, -0.1) is 5.10 Å². The van der Waals surface area contributed by atoms with Crippen LogP contribution in [0.15, 0.2) is 85.7 Å². The highest BCUT2D eigenvalue weighted by Gasteiger charge is 2.44. The van der Waals surface area contributed by atoms with E-state index in [1.807, 2.05) is 76.8 Å². The van der Waals surface area contributed by atoms with Gasteiger partial charge in [0.2, 0.25) is 11.8 Å². The smallest absolute Gasteiger partial charge is 0.410 e. The lowest BCUT2D eigenvalue weighted by molar-refractivity contribution is -0.142. The molecule has 490 valence electrons. The number of carbonyl (C=O) groups is 3. The van der Waals surface area contributed by atoms with Crippen LogP contribution in [0.2, 0.25) is 0 Å². The normalized spacial score (nSPS) is 20.8. The third-order valence-corrected chi connectivity index (χ3v) is 18.5. The Bertz CT molecular complexity index is 4010. The summed E-state index contributed by atoms with van der Waals surface area (Å²) in [6.07, 6.45) is 11.6. The number of halogens is 1. The topological polar surface area (TPSA) is 265 Å². The van der Waals surface area contributed by atoms with Gasteiger partial charge in [-0.1, -0.05) is 55.5 Å². The van der Waals surface area contributed by atoms with Gasteiger partial charge in [-0.2, -0.15) is 20.2 Å². The number of aliphatic hydroxyl groups is 2. The van der Waals surface area contributed by atoms with Gasteiger partial charge in [0.25, 0.3) is 0 Å². The predicted molar refractivity (Wildman–Crippen MR) is 342 cm³/mol. The molecule has 4 saturated heterocycles. The monoisotopic (exact) mass is 1270 g/mol. The van der Waals surface area contributed by atoms with E-state index in [0.717, 1.165) is 67.1 Å². The largest absolute Gasteiger partial charge is 0.486 e. The molecule has 5 fully saturated rings. The van der Waals surface area contributed by atoms with Crippen molar-refractivity contribution < 1.29 is 52.7 Å². The van der Waals surface area contributed by atoms with E-state index in [4.69, 9.17) is 38.8 Å². The lowest BCUT2D eigenvalue weighted by Gasteiger charge is -2.30. The first-order valence-corrected chi connectivity index (χ1v) is 32.5. The second kappa shape index (κ2) is 26.4. The molecule has 5 aliphatic rings. The van der Waals surface area contributed by atoms with Crippen LogP contribution >= 0.6 is 0 Å². The Hall–Kier alpha value is -8.65. The SMILES string of the molecule is Cc1c(F)cc2c(cnn2C2CCCCO2)c1-c1c(C2CC2)cc2c(N(C)[C@H]3CCN(C(=O)OC(C)(C)C)C3)nc(OC[C@H]3CCCO3)nc2c1OCc1ccc(-c2cn([C@H](C(=O)N3C[C@H](O)C[C@H]3C(=O)N[C@@H](CO)c3ccc(-n4cncn4)cc3)C(C)C)nn2)cc1. The summed E-state index contributed by atoms with van der Waals surface area (Å²) >= 11 is 0. The number of hydrogen-bond donors (Lipinski definition) is 3. The van der Waals surface area contributed by atoms with Crippen molar-refractivity contribution in [1.82, 2.24) is 64.6 Å². The minimum Gasteiger partial charge on any atom is -0.486 e. The lowest BCUT2D eigenvalue weighted by Crippen LogP contribution is -2.50. The summed E-state index contributed by atoms with van der Waals surface area (Å²) in [5.41, 5.74) is 6.57. The molecule has 8 aromatic rings. The van der Waals surface area contributed by atoms with Crippen molar-refractivity contribution >= 4 is 45.5 Å². The number of carbonyl (C=O) groups excluding carboxylic acids is 3. The zero-order valence-corrected chi connectivity index (χ0v) is 53.7. The van der Waals surface area contributed by atoms with Crippen LogP contribution in [-0.4, -0.2) is 170 Å². The fourth-order valence-corrected chi connectivity index (χ4v) is 13.4. The Kier molecular flexibility index (Phi) is 17.9. The molecule has 0 spiro atoms. The third kappa shape index (κ3) is 13.2. The van der Waals surface area contributed by atoms with Crippen molar-refractivity contribution in [3.05, 3.63) is 114 Å². The molecule has 3 amide bonds. The first kappa shape index (κ1) is 63.1. The minimum absolute atomic E-state index is 0.0139. The van der Waals surface area contributed by atoms with E-state index in [9.17, 15) is 24.6 Å². The predicted octanol–water partition coefficient (Wildman–Crippen LogP) is 9.10. The summed E-state index contributed by atoms with van der Waals surface area (Å²) in [6.45, 7) is 13.1. The van der Waals surface area contributed by atoms with Gasteiger partial charge in [-0.25, -0.2) is 28.2 Å². The summed E-state index contributed by atoms with van der Waals surface area (Å²) < 4.78 is 53.7. The van der Waals surface area contributed by atoms with Gasteiger partial charge in [0.05, 0.1) is 48.5 Å². The Morgan fingerprint density at radius 1 is 0.903 bits per heavy atom. The van der Waals surface area contributed by atoms with Crippen LogP contribution in [0.3, 0.4) is 0 Å². The molecule has 25 heteroatoms. The lowest BCUT2D eigenvalue weighted by atomic mass is 9.88. The second-order valence-electron chi connectivity index (χ2n) is 26.6. The molecule has 24 nitrogen and oxygen atoms in total. The van der Waals surface area contributed by atoms with Crippen LogP contribution in [0.5, 0.6) is 11.8 Å². The maximum Gasteiger partial charge on any atom is 0.410 e. The van der Waals surface area contributed by atoms with Crippen molar-refractivity contribution in [2.45, 2.75) is 160 Å². The molecule has 1 saturated carbocycles. The number of aliphatic hydroxyl groups excluding tert-OH is 2. The maximum atomic E-state index is 17.0. The Balaban J connectivity index is 0.821. The van der Waals surface area contributed by atoms with E-state index < -0.39 is 54.1 Å². The fraction of sp³-hybridized carbons (Fsp3) is 0.500. The maximum absolute atomic E-state index is 17.0. The van der Waals surface area contributed by atoms with E-state index in [0.29, 0.717) is 94.2 Å². The number of fused-ring (bicyclic) bond motifs is 2. The highest BCUT2D eigenvalue weighted by atomic mass is 19.1. The van der Waals surface area contributed by atoms with E-state index in [1.54, 1.807) is 59.4 Å². The number of β-amino-alcohol motifs (C(OH)–C–C–N with tert-alkyl or cyclic N) is 1. The van der Waals surface area contributed by atoms with Gasteiger partial charge in [-0.3, -0.25) is 9.59 Å². The molecule has 4 aliphatic heterocycles. The van der Waals surface area contributed by atoms with Crippen LogP contribution < -0.4 is 19.7 Å². The Labute approximate surface area is 538 Å². The summed E-state index contributed by atoms with van der Waals surface area (Å²) in [5.74, 6) is -0.482. The first-order chi connectivity index (χ1) is 44.9. The molecule has 1 aliphatic carbocycles. The summed E-state index contributed by atoms with van der Waals surface area (Å²) in [7, 11) is 1.98. The van der Waals surface area contributed by atoms with Crippen molar-refractivity contribution in [3.8, 4) is 39.8 Å². The number of hydrogen-bond acceptors (Lipinski definition) is 18. The number of rotatable bonds is 20. The van der Waals surface area contributed by atoms with Crippen LogP contribution in [0.25, 0.3) is 49.9 Å². The molecule has 3 N–H and O–H groups in total. The molecule has 8 heterocycles. The van der Waals surface area contributed by atoms with Crippen LogP contribution in [-0.2, 0) is 30.4 Å². The van der Waals surface area contributed by atoms with Crippen molar-refractivity contribution in [1.29, 1.82) is 0 Å². The molecule has 0 radical (unpaired) electrons. The average Bonchev–Trinajstić information content (AvgIpc) is 1.71. The quantitative estimate of drug-likeness (QED) is 0.0642. The van der Waals surface area contributed by atoms with E-state index in [1.165, 1.54) is 15.9 Å². The standard InChI is InChI=1S/C68H81FN14O10/c1-39(2)61(65(87)80-32-47(85)27-56(80)64(86)73-54(34-84)44-19-21-45(22-20-44)82-38-70-37-72-82)81-33-53(76-77-81)43-15-13-41(14-16-43)35-91-62-59(58-40(3)52(69)29-55-51(58)30-71-83(55)57-12-8-9-25-90-57)49(42-17-18-42)28-50-60(62)74-66(92-36-48-11-10-26-89-48)75-63(50)78(7)46-23-24-79(31-46)67(88)93-68(4,5)6/h13-16,19-22,28-30,33,37-39,42,46-48,54,56-57,61,84-85H,8-12,17-18,23-27,31-32,34-36H2,1-7H3,(H,73,86)/t46-,47+,48+,54-,56-,57?,61-/m0/s1. The van der Waals surface area contributed by atoms with Gasteiger partial charge in [0, 0.05) is 85.9 Å². The van der Waals surface area contributed by atoms with Crippen molar-refractivity contribution in [2.24, 2.45) is 5.92 Å². The number of nitrogens with one attached hydrogen (secondary N) is 1. The average molecular weight is 1270 g/mol. The molecule has 4 aromatic heterocycles. The Morgan fingerprint density at radius 3 is 2.40 bits per heavy atom. The number of ether oxygens (including phenoxy) is 5. The van der Waals surface area contributed by atoms with E-state index in [-0.39, 0.29) is 68.5 Å². The number of benzene rings is 4. The van der Waals surface area contributed by atoms with E-state index in [2.05, 4.69) is 36.7 Å². The molecular formula is C68H81FN14O10. The zero-order chi connectivity index (χ0) is 64.8. The molecule has 7 atom stereocenters. The van der Waals surface area contributed by atoms with Crippen molar-refractivity contribution in [3.63, 3.8) is 0 Å². The Morgan fingerprint density at radius 2 is 1.70 bits per heavy atom. The number of amides is 3. The van der Waals surface area contributed by atoms with E-state index >= 15 is 4.39 Å². The molecule has 93 heavy (non-hydrogen) atoms. The first-order valence-electron chi connectivity index (χ1n) is 32.5.